The molecule has 0 aliphatic carbocycles. The van der Waals surface area contributed by atoms with Crippen LogP contribution in [0.15, 0.2) is 36.4 Å². The van der Waals surface area contributed by atoms with Crippen molar-refractivity contribution >= 4 is 17.3 Å². The molecule has 1 fully saturated rings. The van der Waals surface area contributed by atoms with E-state index in [1.165, 1.54) is 18.5 Å². The van der Waals surface area contributed by atoms with Crippen molar-refractivity contribution in [2.24, 2.45) is 0 Å². The number of hydrogen-bond acceptors (Lipinski definition) is 2. The molecule has 0 saturated carbocycles. The molecule has 0 spiro atoms. The third-order valence-corrected chi connectivity index (χ3v) is 3.68. The number of amides is 1. The minimum atomic E-state index is 0.0928. The Balaban J connectivity index is 1.78. The zero-order chi connectivity index (χ0) is 12.4. The molecule has 0 unspecified atom stereocenters. The van der Waals surface area contributed by atoms with Gasteiger partial charge in [-0.1, -0.05) is 6.08 Å². The van der Waals surface area contributed by atoms with Crippen LogP contribution >= 0.6 is 0 Å². The molecule has 3 heteroatoms. The highest BCUT2D eigenvalue weighted by Gasteiger charge is 2.16. The van der Waals surface area contributed by atoms with Gasteiger partial charge in [0, 0.05) is 31.0 Å². The largest absolute Gasteiger partial charge is 0.372 e. The number of nitrogens with zero attached hydrogens (tertiary/aromatic N) is 2. The molecule has 2 aliphatic heterocycles. The van der Waals surface area contributed by atoms with Crippen molar-refractivity contribution in [2.75, 3.05) is 29.4 Å². The number of anilines is 2. The third kappa shape index (κ3) is 2.13. The van der Waals surface area contributed by atoms with Gasteiger partial charge in [-0.05, 0) is 49.6 Å². The van der Waals surface area contributed by atoms with Crippen LogP contribution in [0.1, 0.15) is 19.3 Å². The number of benzene rings is 1. The first kappa shape index (κ1) is 11.3. The monoisotopic (exact) mass is 242 g/mol. The molecular formula is C15H18N2O. The van der Waals surface area contributed by atoms with Gasteiger partial charge in [0.2, 0.25) is 0 Å². The summed E-state index contributed by atoms with van der Waals surface area (Å²) in [5.74, 6) is 0.0928. The van der Waals surface area contributed by atoms with Crippen molar-refractivity contribution in [3.63, 3.8) is 0 Å². The van der Waals surface area contributed by atoms with Crippen molar-refractivity contribution in [3.8, 4) is 0 Å². The van der Waals surface area contributed by atoms with E-state index < -0.39 is 0 Å². The Labute approximate surface area is 108 Å². The van der Waals surface area contributed by atoms with Crippen LogP contribution in [0.4, 0.5) is 11.4 Å². The van der Waals surface area contributed by atoms with Gasteiger partial charge in [0.15, 0.2) is 0 Å². The molecule has 0 radical (unpaired) electrons. The normalized spacial score (nSPS) is 19.7. The Hall–Kier alpha value is -1.77. The summed E-state index contributed by atoms with van der Waals surface area (Å²) in [5.41, 5.74) is 2.28. The molecule has 0 atom stereocenters. The molecule has 1 amide bonds. The van der Waals surface area contributed by atoms with Crippen LogP contribution in [0.5, 0.6) is 0 Å². The maximum Gasteiger partial charge on any atom is 0.250 e. The van der Waals surface area contributed by atoms with Crippen molar-refractivity contribution in [1.82, 2.24) is 0 Å². The van der Waals surface area contributed by atoms with E-state index in [4.69, 9.17) is 0 Å². The van der Waals surface area contributed by atoms with Gasteiger partial charge in [-0.3, -0.25) is 4.79 Å². The summed E-state index contributed by atoms with van der Waals surface area (Å²) in [4.78, 5) is 16.0. The lowest BCUT2D eigenvalue weighted by atomic mass is 10.2. The van der Waals surface area contributed by atoms with Gasteiger partial charge in [-0.2, -0.15) is 0 Å². The van der Waals surface area contributed by atoms with Gasteiger partial charge in [0.05, 0.1) is 0 Å². The molecule has 1 aromatic rings. The van der Waals surface area contributed by atoms with E-state index in [1.54, 1.807) is 6.08 Å². The van der Waals surface area contributed by atoms with E-state index in [2.05, 4.69) is 29.2 Å². The van der Waals surface area contributed by atoms with Crippen LogP contribution in [0.25, 0.3) is 0 Å². The van der Waals surface area contributed by atoms with E-state index in [1.807, 2.05) is 11.0 Å². The lowest BCUT2D eigenvalue weighted by Gasteiger charge is -2.24. The van der Waals surface area contributed by atoms with Crippen molar-refractivity contribution in [1.29, 1.82) is 0 Å². The molecule has 94 valence electrons. The minimum Gasteiger partial charge on any atom is -0.372 e. The summed E-state index contributed by atoms with van der Waals surface area (Å²) in [7, 11) is 0. The van der Waals surface area contributed by atoms with Gasteiger partial charge in [0.25, 0.3) is 5.91 Å². The number of carbonyl (C=O) groups excluding carboxylic acids is 1. The molecule has 3 rings (SSSR count). The predicted molar refractivity (Wildman–Crippen MR) is 74.0 cm³/mol. The highest BCUT2D eigenvalue weighted by molar-refractivity contribution is 6.02. The van der Waals surface area contributed by atoms with Crippen molar-refractivity contribution < 1.29 is 4.79 Å². The summed E-state index contributed by atoms with van der Waals surface area (Å²) >= 11 is 0. The third-order valence-electron chi connectivity index (χ3n) is 3.68. The number of hydrogen-bond donors (Lipinski definition) is 0. The van der Waals surface area contributed by atoms with E-state index in [0.29, 0.717) is 0 Å². The average Bonchev–Trinajstić information content (AvgIpc) is 2.94. The first-order valence-corrected chi connectivity index (χ1v) is 6.68. The summed E-state index contributed by atoms with van der Waals surface area (Å²) in [6.07, 6.45) is 7.13. The van der Waals surface area contributed by atoms with Crippen LogP contribution in [-0.4, -0.2) is 25.5 Å². The van der Waals surface area contributed by atoms with Gasteiger partial charge in [-0.25, -0.2) is 0 Å². The summed E-state index contributed by atoms with van der Waals surface area (Å²) in [5, 5.41) is 0. The van der Waals surface area contributed by atoms with Crippen molar-refractivity contribution in [2.45, 2.75) is 19.3 Å². The van der Waals surface area contributed by atoms with E-state index in [-0.39, 0.29) is 5.91 Å². The Kier molecular flexibility index (Phi) is 3.05. The molecule has 0 aromatic heterocycles. The predicted octanol–water partition coefficient (Wildman–Crippen LogP) is 2.58. The van der Waals surface area contributed by atoms with E-state index in [9.17, 15) is 4.79 Å². The molecule has 0 N–H and O–H groups in total. The first-order chi connectivity index (χ1) is 8.84. The Morgan fingerprint density at radius 2 is 1.56 bits per heavy atom. The Bertz CT molecular complexity index is 458. The Morgan fingerprint density at radius 3 is 2.22 bits per heavy atom. The number of carbonyl (C=O) groups is 1. The molecule has 18 heavy (non-hydrogen) atoms. The van der Waals surface area contributed by atoms with Gasteiger partial charge in [0.1, 0.15) is 0 Å². The van der Waals surface area contributed by atoms with Gasteiger partial charge >= 0.3 is 0 Å². The number of rotatable bonds is 2. The standard InChI is InChI=1S/C15H18N2O/c18-15-5-1-2-12-17(15)14-8-6-13(7-9-14)16-10-3-4-11-16/h1,5-9H,2-4,10-12H2. The second-order valence-corrected chi connectivity index (χ2v) is 4.89. The topological polar surface area (TPSA) is 23.6 Å². The van der Waals surface area contributed by atoms with Crippen LogP contribution in [-0.2, 0) is 4.79 Å². The average molecular weight is 242 g/mol. The van der Waals surface area contributed by atoms with Crippen LogP contribution in [0, 0.1) is 0 Å². The zero-order valence-electron chi connectivity index (χ0n) is 10.5. The summed E-state index contributed by atoms with van der Waals surface area (Å²) < 4.78 is 0. The second kappa shape index (κ2) is 4.84. The summed E-state index contributed by atoms with van der Waals surface area (Å²) in [6, 6.07) is 8.38. The fourth-order valence-corrected chi connectivity index (χ4v) is 2.66. The minimum absolute atomic E-state index is 0.0928. The highest BCUT2D eigenvalue weighted by atomic mass is 16.2. The molecule has 3 nitrogen and oxygen atoms in total. The molecule has 1 saturated heterocycles. The quantitative estimate of drug-likeness (QED) is 0.795. The summed E-state index contributed by atoms with van der Waals surface area (Å²) in [6.45, 7) is 3.11. The second-order valence-electron chi connectivity index (χ2n) is 4.89. The van der Waals surface area contributed by atoms with E-state index in [0.717, 1.165) is 31.7 Å². The first-order valence-electron chi connectivity index (χ1n) is 6.68. The van der Waals surface area contributed by atoms with Crippen molar-refractivity contribution in [3.05, 3.63) is 36.4 Å². The molecule has 2 heterocycles. The van der Waals surface area contributed by atoms with Gasteiger partial charge < -0.3 is 9.80 Å². The van der Waals surface area contributed by atoms with Gasteiger partial charge in [-0.15, -0.1) is 0 Å². The van der Waals surface area contributed by atoms with Crippen LogP contribution in [0.3, 0.4) is 0 Å². The molecular weight excluding hydrogens is 224 g/mol. The van der Waals surface area contributed by atoms with Crippen LogP contribution < -0.4 is 9.80 Å². The Morgan fingerprint density at radius 1 is 0.889 bits per heavy atom. The highest BCUT2D eigenvalue weighted by Crippen LogP contribution is 2.24. The lowest BCUT2D eigenvalue weighted by molar-refractivity contribution is -0.114. The lowest BCUT2D eigenvalue weighted by Crippen LogP contribution is -2.32. The molecule has 0 bridgehead atoms. The smallest absolute Gasteiger partial charge is 0.250 e. The maximum atomic E-state index is 11.8. The maximum absolute atomic E-state index is 11.8. The zero-order valence-corrected chi connectivity index (χ0v) is 10.5. The van der Waals surface area contributed by atoms with E-state index >= 15 is 0 Å². The SMILES string of the molecule is O=C1C=CCCN1c1ccc(N2CCCC2)cc1. The van der Waals surface area contributed by atoms with Crippen LogP contribution in [0.2, 0.25) is 0 Å². The molecule has 1 aromatic carbocycles. The fourth-order valence-electron chi connectivity index (χ4n) is 2.66. The fraction of sp³-hybridized carbons (Fsp3) is 0.400. The molecule has 2 aliphatic rings.